The molecule has 2 atom stereocenters. The Hall–Kier alpha value is -2.51. The number of benzene rings is 2. The predicted molar refractivity (Wildman–Crippen MR) is 92.6 cm³/mol. The Morgan fingerprint density at radius 3 is 2.58 bits per heavy atom. The summed E-state index contributed by atoms with van der Waals surface area (Å²) in [6.45, 7) is 3.83. The molecule has 0 bridgehead atoms. The monoisotopic (exact) mass is 362 g/mol. The zero-order chi connectivity index (χ0) is 18.7. The van der Waals surface area contributed by atoms with Crippen LogP contribution in [0.1, 0.15) is 25.5 Å². The number of carbonyl (C=O) groups excluding carboxylic acids is 1. The molecule has 1 fully saturated rings. The lowest BCUT2D eigenvalue weighted by atomic mass is 10.0. The highest BCUT2D eigenvalue weighted by Gasteiger charge is 2.38. The molecule has 2 N–H and O–H groups in total. The Kier molecular flexibility index (Phi) is 5.20. The van der Waals surface area contributed by atoms with Gasteiger partial charge in [-0.3, -0.25) is 0 Å². The van der Waals surface area contributed by atoms with Gasteiger partial charge in [-0.05, 0) is 31.5 Å². The quantitative estimate of drug-likeness (QED) is 0.868. The van der Waals surface area contributed by atoms with Gasteiger partial charge >= 0.3 is 6.03 Å². The van der Waals surface area contributed by atoms with Crippen molar-refractivity contribution in [2.75, 3.05) is 11.9 Å². The lowest BCUT2D eigenvalue weighted by molar-refractivity contribution is -0.284. The van der Waals surface area contributed by atoms with Crippen LogP contribution >= 0.6 is 0 Å². The second-order valence-electron chi connectivity index (χ2n) is 6.49. The third-order valence-corrected chi connectivity index (χ3v) is 4.01. The van der Waals surface area contributed by atoms with Crippen molar-refractivity contribution < 1.29 is 23.0 Å². The number of amides is 2. The van der Waals surface area contributed by atoms with Gasteiger partial charge in [-0.2, -0.15) is 0 Å². The first kappa shape index (κ1) is 18.3. The first-order chi connectivity index (χ1) is 12.3. The number of hydrogen-bond donors (Lipinski definition) is 2. The maximum atomic E-state index is 13.7. The Morgan fingerprint density at radius 2 is 1.88 bits per heavy atom. The fourth-order valence-corrected chi connectivity index (χ4v) is 2.78. The van der Waals surface area contributed by atoms with Crippen molar-refractivity contribution in [1.82, 2.24) is 5.32 Å². The second kappa shape index (κ2) is 7.39. The maximum Gasteiger partial charge on any atom is 0.319 e. The minimum absolute atomic E-state index is 0.113. The average molecular weight is 362 g/mol. The van der Waals surface area contributed by atoms with Gasteiger partial charge in [0.05, 0.1) is 18.3 Å². The van der Waals surface area contributed by atoms with E-state index < -0.39 is 35.6 Å². The summed E-state index contributed by atoms with van der Waals surface area (Å²) in [5.74, 6) is -2.36. The van der Waals surface area contributed by atoms with E-state index in [-0.39, 0.29) is 12.3 Å². The van der Waals surface area contributed by atoms with Crippen LogP contribution < -0.4 is 10.6 Å². The fourth-order valence-electron chi connectivity index (χ4n) is 2.78. The molecule has 0 saturated carbocycles. The lowest BCUT2D eigenvalue weighted by Crippen LogP contribution is -2.52. The van der Waals surface area contributed by atoms with Crippen LogP contribution in [0.3, 0.4) is 0 Å². The van der Waals surface area contributed by atoms with Crippen LogP contribution in [0, 0.1) is 11.6 Å². The molecule has 2 aromatic carbocycles. The molecule has 0 radical (unpaired) electrons. The molecule has 26 heavy (non-hydrogen) atoms. The summed E-state index contributed by atoms with van der Waals surface area (Å²) in [6.07, 6.45) is -0.427. The molecule has 0 aliphatic carbocycles. The Balaban J connectivity index is 1.73. The van der Waals surface area contributed by atoms with Gasteiger partial charge in [0.15, 0.2) is 5.79 Å². The molecule has 5 nitrogen and oxygen atoms in total. The van der Waals surface area contributed by atoms with Crippen molar-refractivity contribution in [2.24, 2.45) is 0 Å². The Labute approximate surface area is 150 Å². The Morgan fingerprint density at radius 1 is 1.15 bits per heavy atom. The minimum atomic E-state index is -0.850. The molecule has 1 aliphatic heterocycles. The first-order valence-electron chi connectivity index (χ1n) is 8.23. The van der Waals surface area contributed by atoms with Crippen LogP contribution in [-0.2, 0) is 9.47 Å². The second-order valence-corrected chi connectivity index (χ2v) is 6.49. The SMILES string of the molecule is CC1(C)OCC(NC(=O)Nc2ccc(F)cc2F)C(c2ccccc2)O1. The molecule has 2 amide bonds. The molecule has 1 saturated heterocycles. The van der Waals surface area contributed by atoms with Crippen LogP contribution in [0.2, 0.25) is 0 Å². The zero-order valence-electron chi connectivity index (χ0n) is 14.5. The smallest absolute Gasteiger partial charge is 0.319 e. The standard InChI is InChI=1S/C19H20F2N2O3/c1-19(2)25-11-16(17(26-19)12-6-4-3-5-7-12)23-18(24)22-15-9-8-13(20)10-14(15)21/h3-10,16-17H,11H2,1-2H3,(H2,22,23,24). The van der Waals surface area contributed by atoms with Crippen LogP contribution in [0.4, 0.5) is 19.3 Å². The number of ether oxygens (including phenoxy) is 2. The number of rotatable bonds is 3. The summed E-state index contributed by atoms with van der Waals surface area (Å²) in [4.78, 5) is 12.3. The zero-order valence-corrected chi connectivity index (χ0v) is 14.5. The summed E-state index contributed by atoms with van der Waals surface area (Å²) in [5.41, 5.74) is 0.778. The summed E-state index contributed by atoms with van der Waals surface area (Å²) in [6, 6.07) is 11.3. The third kappa shape index (κ3) is 4.36. The van der Waals surface area contributed by atoms with Gasteiger partial charge in [-0.1, -0.05) is 30.3 Å². The number of halogens is 2. The number of urea groups is 1. The molecule has 0 aromatic heterocycles. The van der Waals surface area contributed by atoms with E-state index in [4.69, 9.17) is 9.47 Å². The van der Waals surface area contributed by atoms with E-state index in [1.807, 2.05) is 30.3 Å². The predicted octanol–water partition coefficient (Wildman–Crippen LogP) is 3.98. The van der Waals surface area contributed by atoms with E-state index in [2.05, 4.69) is 10.6 Å². The molecule has 1 heterocycles. The Bertz CT molecular complexity index is 784. The normalized spacial score (nSPS) is 21.8. The number of carbonyl (C=O) groups is 1. The molecule has 0 spiro atoms. The van der Waals surface area contributed by atoms with Crippen molar-refractivity contribution in [1.29, 1.82) is 0 Å². The largest absolute Gasteiger partial charge is 0.348 e. The summed E-state index contributed by atoms with van der Waals surface area (Å²) < 4.78 is 38.3. The van der Waals surface area contributed by atoms with E-state index in [1.54, 1.807) is 13.8 Å². The van der Waals surface area contributed by atoms with E-state index in [0.29, 0.717) is 6.07 Å². The molecule has 2 unspecified atom stereocenters. The first-order valence-corrected chi connectivity index (χ1v) is 8.23. The van der Waals surface area contributed by atoms with Gasteiger partial charge in [0, 0.05) is 6.07 Å². The highest BCUT2D eigenvalue weighted by molar-refractivity contribution is 5.89. The summed E-state index contributed by atoms with van der Waals surface area (Å²) in [5, 5.41) is 5.11. The molecule has 138 valence electrons. The van der Waals surface area contributed by atoms with Gasteiger partial charge < -0.3 is 20.1 Å². The number of nitrogens with one attached hydrogen (secondary N) is 2. The van der Waals surface area contributed by atoms with E-state index >= 15 is 0 Å². The fraction of sp³-hybridized carbons (Fsp3) is 0.316. The van der Waals surface area contributed by atoms with Gasteiger partial charge in [0.2, 0.25) is 0 Å². The van der Waals surface area contributed by atoms with Crippen LogP contribution in [0.25, 0.3) is 0 Å². The lowest BCUT2D eigenvalue weighted by Gasteiger charge is -2.41. The van der Waals surface area contributed by atoms with Crippen molar-refractivity contribution in [2.45, 2.75) is 31.8 Å². The van der Waals surface area contributed by atoms with Gasteiger partial charge in [0.25, 0.3) is 0 Å². The number of anilines is 1. The van der Waals surface area contributed by atoms with Crippen molar-refractivity contribution in [3.05, 3.63) is 65.7 Å². The molecule has 2 aromatic rings. The van der Waals surface area contributed by atoms with E-state index in [0.717, 1.165) is 17.7 Å². The van der Waals surface area contributed by atoms with Crippen LogP contribution in [0.5, 0.6) is 0 Å². The van der Waals surface area contributed by atoms with Crippen LogP contribution in [-0.4, -0.2) is 24.5 Å². The molecule has 1 aliphatic rings. The molecule has 3 rings (SSSR count). The maximum absolute atomic E-state index is 13.7. The molecule has 7 heteroatoms. The average Bonchev–Trinajstić information content (AvgIpc) is 2.59. The third-order valence-electron chi connectivity index (χ3n) is 4.01. The van der Waals surface area contributed by atoms with Crippen LogP contribution in [0.15, 0.2) is 48.5 Å². The van der Waals surface area contributed by atoms with Crippen molar-refractivity contribution >= 4 is 11.7 Å². The summed E-state index contributed by atoms with van der Waals surface area (Å²) in [7, 11) is 0. The van der Waals surface area contributed by atoms with E-state index in [1.165, 1.54) is 0 Å². The van der Waals surface area contributed by atoms with E-state index in [9.17, 15) is 13.6 Å². The topological polar surface area (TPSA) is 59.6 Å². The van der Waals surface area contributed by atoms with Gasteiger partial charge in [0.1, 0.15) is 17.7 Å². The highest BCUT2D eigenvalue weighted by atomic mass is 19.1. The van der Waals surface area contributed by atoms with Crippen molar-refractivity contribution in [3.63, 3.8) is 0 Å². The van der Waals surface area contributed by atoms with Gasteiger partial charge in [-0.15, -0.1) is 0 Å². The van der Waals surface area contributed by atoms with Gasteiger partial charge in [-0.25, -0.2) is 13.6 Å². The van der Waals surface area contributed by atoms with Crippen molar-refractivity contribution in [3.8, 4) is 0 Å². The highest BCUT2D eigenvalue weighted by Crippen LogP contribution is 2.33. The summed E-state index contributed by atoms with van der Waals surface area (Å²) >= 11 is 0. The number of hydrogen-bond acceptors (Lipinski definition) is 3. The molecular formula is C19H20F2N2O3. The molecular weight excluding hydrogens is 342 g/mol. The minimum Gasteiger partial charge on any atom is -0.348 e.